The van der Waals surface area contributed by atoms with Gasteiger partial charge in [0.2, 0.25) is 11.7 Å². The van der Waals surface area contributed by atoms with Crippen molar-refractivity contribution in [1.82, 2.24) is 15.1 Å². The SMILES string of the molecule is CCc1cnccc1-c1noc(C(N)CCCOC)n1. The van der Waals surface area contributed by atoms with Crippen LogP contribution in [0.5, 0.6) is 0 Å². The Kier molecular flexibility index (Phi) is 5.20. The lowest BCUT2D eigenvalue weighted by Gasteiger charge is -2.05. The summed E-state index contributed by atoms with van der Waals surface area (Å²) in [4.78, 5) is 8.51. The molecule has 0 spiro atoms. The third kappa shape index (κ3) is 3.40. The Hall–Kier alpha value is -1.79. The zero-order valence-corrected chi connectivity index (χ0v) is 11.9. The van der Waals surface area contributed by atoms with Crippen LogP contribution in [0.4, 0.5) is 0 Å². The van der Waals surface area contributed by atoms with Gasteiger partial charge in [-0.3, -0.25) is 4.98 Å². The van der Waals surface area contributed by atoms with E-state index >= 15 is 0 Å². The highest BCUT2D eigenvalue weighted by Crippen LogP contribution is 2.22. The molecule has 0 bridgehead atoms. The number of aryl methyl sites for hydroxylation is 1. The van der Waals surface area contributed by atoms with E-state index in [1.54, 1.807) is 13.3 Å². The van der Waals surface area contributed by atoms with Crippen molar-refractivity contribution < 1.29 is 9.26 Å². The maximum absolute atomic E-state index is 6.03. The van der Waals surface area contributed by atoms with E-state index in [-0.39, 0.29) is 6.04 Å². The molecule has 2 aromatic heterocycles. The third-order valence-corrected chi connectivity index (χ3v) is 3.15. The average molecular weight is 276 g/mol. The molecule has 0 aromatic carbocycles. The topological polar surface area (TPSA) is 87.1 Å². The van der Waals surface area contributed by atoms with Crippen LogP contribution in [-0.2, 0) is 11.2 Å². The van der Waals surface area contributed by atoms with Gasteiger partial charge in [0, 0.05) is 31.7 Å². The molecule has 0 saturated carbocycles. The predicted molar refractivity (Wildman–Crippen MR) is 74.9 cm³/mol. The van der Waals surface area contributed by atoms with E-state index in [2.05, 4.69) is 22.0 Å². The Labute approximate surface area is 118 Å². The molecule has 2 aromatic rings. The van der Waals surface area contributed by atoms with Gasteiger partial charge in [-0.2, -0.15) is 4.98 Å². The molecule has 2 heterocycles. The minimum Gasteiger partial charge on any atom is -0.385 e. The highest BCUT2D eigenvalue weighted by atomic mass is 16.5. The molecule has 6 heteroatoms. The molecule has 0 saturated heterocycles. The fourth-order valence-electron chi connectivity index (χ4n) is 1.99. The van der Waals surface area contributed by atoms with E-state index < -0.39 is 0 Å². The molecule has 0 aliphatic heterocycles. The van der Waals surface area contributed by atoms with Crippen molar-refractivity contribution in [1.29, 1.82) is 0 Å². The van der Waals surface area contributed by atoms with Gasteiger partial charge in [0.1, 0.15) is 0 Å². The second-order valence-electron chi connectivity index (χ2n) is 4.58. The van der Waals surface area contributed by atoms with Crippen LogP contribution in [0.25, 0.3) is 11.4 Å². The highest BCUT2D eigenvalue weighted by molar-refractivity contribution is 5.58. The Balaban J connectivity index is 2.12. The van der Waals surface area contributed by atoms with Crippen LogP contribution < -0.4 is 5.73 Å². The standard InChI is InChI=1S/C14H20N4O2/c1-3-10-9-16-7-6-11(10)13-17-14(20-18-13)12(15)5-4-8-19-2/h6-7,9,12H,3-5,8,15H2,1-2H3. The summed E-state index contributed by atoms with van der Waals surface area (Å²) < 4.78 is 10.3. The van der Waals surface area contributed by atoms with Crippen LogP contribution in [0.2, 0.25) is 0 Å². The monoisotopic (exact) mass is 276 g/mol. The molecule has 2 rings (SSSR count). The maximum atomic E-state index is 6.03. The molecule has 6 nitrogen and oxygen atoms in total. The summed E-state index contributed by atoms with van der Waals surface area (Å²) in [6.07, 6.45) is 6.04. The number of pyridine rings is 1. The number of hydrogen-bond acceptors (Lipinski definition) is 6. The summed E-state index contributed by atoms with van der Waals surface area (Å²) in [5, 5.41) is 4.02. The summed E-state index contributed by atoms with van der Waals surface area (Å²) in [7, 11) is 1.67. The average Bonchev–Trinajstić information content (AvgIpc) is 2.97. The summed E-state index contributed by atoms with van der Waals surface area (Å²) in [6.45, 7) is 2.75. The Bertz CT molecular complexity index is 541. The van der Waals surface area contributed by atoms with E-state index in [0.29, 0.717) is 18.3 Å². The van der Waals surface area contributed by atoms with E-state index in [1.165, 1.54) is 0 Å². The fraction of sp³-hybridized carbons (Fsp3) is 0.500. The number of nitrogens with zero attached hydrogens (tertiary/aromatic N) is 3. The first-order chi connectivity index (χ1) is 9.76. The molecule has 0 fully saturated rings. The molecule has 1 unspecified atom stereocenters. The summed E-state index contributed by atoms with van der Waals surface area (Å²) >= 11 is 0. The second-order valence-corrected chi connectivity index (χ2v) is 4.58. The quantitative estimate of drug-likeness (QED) is 0.779. The Morgan fingerprint density at radius 3 is 3.05 bits per heavy atom. The molecular weight excluding hydrogens is 256 g/mol. The van der Waals surface area contributed by atoms with Gasteiger partial charge in [0.05, 0.1) is 6.04 Å². The van der Waals surface area contributed by atoms with Crippen molar-refractivity contribution in [2.75, 3.05) is 13.7 Å². The zero-order valence-electron chi connectivity index (χ0n) is 11.9. The molecule has 0 aliphatic rings. The molecule has 20 heavy (non-hydrogen) atoms. The molecule has 108 valence electrons. The lowest BCUT2D eigenvalue weighted by atomic mass is 10.1. The van der Waals surface area contributed by atoms with Gasteiger partial charge in [0.25, 0.3) is 0 Å². The van der Waals surface area contributed by atoms with E-state index in [9.17, 15) is 0 Å². The predicted octanol–water partition coefficient (Wildman–Crippen LogP) is 2.12. The smallest absolute Gasteiger partial charge is 0.243 e. The third-order valence-electron chi connectivity index (χ3n) is 3.15. The fourth-order valence-corrected chi connectivity index (χ4v) is 1.99. The van der Waals surface area contributed by atoms with E-state index in [1.807, 2.05) is 12.3 Å². The molecule has 2 N–H and O–H groups in total. The van der Waals surface area contributed by atoms with Crippen LogP contribution in [-0.4, -0.2) is 28.8 Å². The van der Waals surface area contributed by atoms with Crippen LogP contribution in [0.1, 0.15) is 37.3 Å². The van der Waals surface area contributed by atoms with Crippen molar-refractivity contribution in [3.05, 3.63) is 29.9 Å². The van der Waals surface area contributed by atoms with Crippen molar-refractivity contribution in [2.24, 2.45) is 5.73 Å². The molecular formula is C14H20N4O2. The van der Waals surface area contributed by atoms with Gasteiger partial charge in [-0.1, -0.05) is 12.1 Å². The first-order valence-corrected chi connectivity index (χ1v) is 6.77. The van der Waals surface area contributed by atoms with Gasteiger partial charge >= 0.3 is 0 Å². The van der Waals surface area contributed by atoms with Crippen molar-refractivity contribution in [3.63, 3.8) is 0 Å². The van der Waals surface area contributed by atoms with Crippen molar-refractivity contribution in [2.45, 2.75) is 32.2 Å². The van der Waals surface area contributed by atoms with Crippen LogP contribution in [0.15, 0.2) is 23.0 Å². The molecule has 0 aliphatic carbocycles. The largest absolute Gasteiger partial charge is 0.385 e. The van der Waals surface area contributed by atoms with Crippen molar-refractivity contribution >= 4 is 0 Å². The minimum absolute atomic E-state index is 0.252. The first-order valence-electron chi connectivity index (χ1n) is 6.77. The number of methoxy groups -OCH3 is 1. The number of rotatable bonds is 7. The first kappa shape index (κ1) is 14.6. The van der Waals surface area contributed by atoms with Gasteiger partial charge in [-0.05, 0) is 30.9 Å². The maximum Gasteiger partial charge on any atom is 0.243 e. The highest BCUT2D eigenvalue weighted by Gasteiger charge is 2.16. The van der Waals surface area contributed by atoms with Crippen LogP contribution >= 0.6 is 0 Å². The summed E-state index contributed by atoms with van der Waals surface area (Å²) in [5.41, 5.74) is 8.07. The number of hydrogen-bond donors (Lipinski definition) is 1. The Morgan fingerprint density at radius 2 is 2.30 bits per heavy atom. The Morgan fingerprint density at radius 1 is 1.45 bits per heavy atom. The second kappa shape index (κ2) is 7.12. The number of nitrogens with two attached hydrogens (primary N) is 1. The lowest BCUT2D eigenvalue weighted by Crippen LogP contribution is -2.11. The normalized spacial score (nSPS) is 12.6. The zero-order chi connectivity index (χ0) is 14.4. The van der Waals surface area contributed by atoms with Gasteiger partial charge in [-0.25, -0.2) is 0 Å². The molecule has 0 radical (unpaired) electrons. The van der Waals surface area contributed by atoms with Crippen LogP contribution in [0.3, 0.4) is 0 Å². The van der Waals surface area contributed by atoms with E-state index in [4.69, 9.17) is 15.0 Å². The van der Waals surface area contributed by atoms with Gasteiger partial charge in [0.15, 0.2) is 0 Å². The van der Waals surface area contributed by atoms with Crippen LogP contribution in [0, 0.1) is 0 Å². The van der Waals surface area contributed by atoms with E-state index in [0.717, 1.165) is 30.4 Å². The lowest BCUT2D eigenvalue weighted by molar-refractivity contribution is 0.188. The molecule has 0 amide bonds. The van der Waals surface area contributed by atoms with Gasteiger partial charge < -0.3 is 15.0 Å². The summed E-state index contributed by atoms with van der Waals surface area (Å²) in [6, 6.07) is 1.64. The summed E-state index contributed by atoms with van der Waals surface area (Å²) in [5.74, 6) is 1.04. The number of ether oxygens (including phenoxy) is 1. The number of aromatic nitrogens is 3. The van der Waals surface area contributed by atoms with Gasteiger partial charge in [-0.15, -0.1) is 0 Å². The van der Waals surface area contributed by atoms with Crippen molar-refractivity contribution in [3.8, 4) is 11.4 Å². The molecule has 1 atom stereocenters. The minimum atomic E-state index is -0.252.